The van der Waals surface area contributed by atoms with Crippen LogP contribution in [0.2, 0.25) is 0 Å². The Bertz CT molecular complexity index is 425. The van der Waals surface area contributed by atoms with E-state index in [0.29, 0.717) is 0 Å². The molecule has 0 unspecified atom stereocenters. The Balaban J connectivity index is 4.58. The van der Waals surface area contributed by atoms with E-state index in [1.165, 1.54) is 6.92 Å². The standard InChI is InChI=1S/C11H12F6O5/c1-6(2)7(18)21-4-3-5-22-8(19)9(20,10(12,13)14)11(15,16)17/h20H,1,3-5H2,2H3. The first-order valence-electron chi connectivity index (χ1n) is 5.60. The summed E-state index contributed by atoms with van der Waals surface area (Å²) in [4.78, 5) is 21.8. The monoisotopic (exact) mass is 338 g/mol. The molecule has 128 valence electrons. The van der Waals surface area contributed by atoms with E-state index in [4.69, 9.17) is 5.11 Å². The van der Waals surface area contributed by atoms with Crippen molar-refractivity contribution in [1.29, 1.82) is 0 Å². The minimum absolute atomic E-state index is 0.0283. The summed E-state index contributed by atoms with van der Waals surface area (Å²) in [5.74, 6) is -3.73. The molecule has 0 aliphatic rings. The molecule has 0 spiro atoms. The van der Waals surface area contributed by atoms with E-state index in [1.807, 2.05) is 0 Å². The average molecular weight is 338 g/mol. The van der Waals surface area contributed by atoms with Crippen molar-refractivity contribution in [3.8, 4) is 0 Å². The van der Waals surface area contributed by atoms with Crippen LogP contribution in [0.4, 0.5) is 26.3 Å². The van der Waals surface area contributed by atoms with Gasteiger partial charge in [-0.1, -0.05) is 6.58 Å². The molecular formula is C11H12F6O5. The largest absolute Gasteiger partial charge is 0.463 e. The van der Waals surface area contributed by atoms with Crippen LogP contribution in [0.1, 0.15) is 13.3 Å². The third-order valence-corrected chi connectivity index (χ3v) is 2.22. The summed E-state index contributed by atoms with van der Waals surface area (Å²) in [6.07, 6.45) is -13.0. The predicted molar refractivity (Wildman–Crippen MR) is 58.4 cm³/mol. The zero-order chi connectivity index (χ0) is 17.8. The second kappa shape index (κ2) is 6.99. The summed E-state index contributed by atoms with van der Waals surface area (Å²) in [5.41, 5.74) is -5.59. The number of rotatable bonds is 6. The van der Waals surface area contributed by atoms with E-state index >= 15 is 0 Å². The van der Waals surface area contributed by atoms with Gasteiger partial charge < -0.3 is 14.6 Å². The number of hydrogen-bond acceptors (Lipinski definition) is 5. The maximum atomic E-state index is 12.3. The van der Waals surface area contributed by atoms with Gasteiger partial charge in [-0.2, -0.15) is 26.3 Å². The molecular weight excluding hydrogens is 326 g/mol. The summed E-state index contributed by atoms with van der Waals surface area (Å²) in [5, 5.41) is 8.65. The summed E-state index contributed by atoms with van der Waals surface area (Å²) in [6, 6.07) is 0. The van der Waals surface area contributed by atoms with Crippen molar-refractivity contribution in [3.05, 3.63) is 12.2 Å². The highest BCUT2D eigenvalue weighted by Crippen LogP contribution is 2.43. The number of carbonyl (C=O) groups is 2. The maximum absolute atomic E-state index is 12.3. The number of hydrogen-bond donors (Lipinski definition) is 1. The summed E-state index contributed by atoms with van der Waals surface area (Å²) >= 11 is 0. The SMILES string of the molecule is C=C(C)C(=O)OCCCOC(=O)C(O)(C(F)(F)F)C(F)(F)F. The van der Waals surface area contributed by atoms with E-state index in [-0.39, 0.29) is 12.0 Å². The van der Waals surface area contributed by atoms with Crippen LogP contribution in [0.15, 0.2) is 12.2 Å². The van der Waals surface area contributed by atoms with E-state index in [0.717, 1.165) is 0 Å². The molecule has 0 aromatic carbocycles. The number of esters is 2. The molecule has 0 amide bonds. The molecule has 0 aliphatic carbocycles. The first kappa shape index (κ1) is 20.2. The number of aliphatic hydroxyl groups is 1. The summed E-state index contributed by atoms with van der Waals surface area (Å²) in [7, 11) is 0. The maximum Gasteiger partial charge on any atom is 0.437 e. The molecule has 0 rings (SSSR count). The van der Waals surface area contributed by atoms with Crippen molar-refractivity contribution < 1.29 is 50.5 Å². The van der Waals surface area contributed by atoms with Crippen LogP contribution in [0.5, 0.6) is 0 Å². The second-order valence-corrected chi connectivity index (χ2v) is 4.11. The van der Waals surface area contributed by atoms with Crippen LogP contribution in [-0.4, -0.2) is 48.2 Å². The highest BCUT2D eigenvalue weighted by Gasteiger charge is 2.76. The molecule has 11 heteroatoms. The topological polar surface area (TPSA) is 72.8 Å². The van der Waals surface area contributed by atoms with Gasteiger partial charge in [0.05, 0.1) is 13.2 Å². The molecule has 0 saturated heterocycles. The van der Waals surface area contributed by atoms with Gasteiger partial charge in [0.2, 0.25) is 0 Å². The lowest BCUT2D eigenvalue weighted by molar-refractivity contribution is -0.356. The summed E-state index contributed by atoms with van der Waals surface area (Å²) in [6.45, 7) is 3.20. The van der Waals surface area contributed by atoms with E-state index in [1.54, 1.807) is 0 Å². The number of halogens is 6. The third kappa shape index (κ3) is 4.61. The van der Waals surface area contributed by atoms with Gasteiger partial charge in [-0.05, 0) is 6.92 Å². The van der Waals surface area contributed by atoms with Crippen LogP contribution in [0.3, 0.4) is 0 Å². The van der Waals surface area contributed by atoms with Crippen LogP contribution < -0.4 is 0 Å². The first-order chi connectivity index (χ1) is 9.75. The highest BCUT2D eigenvalue weighted by atomic mass is 19.4. The fourth-order valence-corrected chi connectivity index (χ4v) is 1.01. The second-order valence-electron chi connectivity index (χ2n) is 4.11. The Labute approximate surface area is 120 Å². The van der Waals surface area contributed by atoms with Gasteiger partial charge in [-0.15, -0.1) is 0 Å². The Hall–Kier alpha value is -1.78. The quantitative estimate of drug-likeness (QED) is 0.347. The van der Waals surface area contributed by atoms with Gasteiger partial charge in [0.1, 0.15) is 0 Å². The number of carbonyl (C=O) groups excluding carboxylic acids is 2. The molecule has 0 aromatic rings. The van der Waals surface area contributed by atoms with Crippen LogP contribution in [-0.2, 0) is 19.1 Å². The predicted octanol–water partition coefficient (Wildman–Crippen LogP) is 1.89. The van der Waals surface area contributed by atoms with Gasteiger partial charge in [-0.25, -0.2) is 9.59 Å². The Morgan fingerprint density at radius 1 is 1.00 bits per heavy atom. The number of ether oxygens (including phenoxy) is 2. The van der Waals surface area contributed by atoms with Crippen LogP contribution in [0, 0.1) is 0 Å². The van der Waals surface area contributed by atoms with Crippen molar-refractivity contribution in [2.75, 3.05) is 13.2 Å². The van der Waals surface area contributed by atoms with Crippen molar-refractivity contribution in [1.82, 2.24) is 0 Å². The fourth-order valence-electron chi connectivity index (χ4n) is 1.01. The van der Waals surface area contributed by atoms with Crippen molar-refractivity contribution in [2.24, 2.45) is 0 Å². The van der Waals surface area contributed by atoms with Gasteiger partial charge in [0.25, 0.3) is 0 Å². The molecule has 0 fully saturated rings. The van der Waals surface area contributed by atoms with Crippen LogP contribution >= 0.6 is 0 Å². The smallest absolute Gasteiger partial charge is 0.437 e. The molecule has 5 nitrogen and oxygen atoms in total. The fraction of sp³-hybridized carbons (Fsp3) is 0.636. The molecule has 22 heavy (non-hydrogen) atoms. The highest BCUT2D eigenvalue weighted by molar-refractivity contribution is 5.86. The van der Waals surface area contributed by atoms with E-state index < -0.39 is 43.1 Å². The molecule has 0 aromatic heterocycles. The molecule has 0 bridgehead atoms. The molecule has 0 atom stereocenters. The zero-order valence-corrected chi connectivity index (χ0v) is 11.2. The Kier molecular flexibility index (Phi) is 6.42. The molecule has 0 saturated carbocycles. The van der Waals surface area contributed by atoms with E-state index in [2.05, 4.69) is 16.1 Å². The van der Waals surface area contributed by atoms with Crippen LogP contribution in [0.25, 0.3) is 0 Å². The van der Waals surface area contributed by atoms with Crippen molar-refractivity contribution in [2.45, 2.75) is 31.3 Å². The Morgan fingerprint density at radius 3 is 1.77 bits per heavy atom. The lowest BCUT2D eigenvalue weighted by atomic mass is 10.0. The molecule has 0 radical (unpaired) electrons. The minimum atomic E-state index is -6.30. The molecule has 0 aliphatic heterocycles. The lowest BCUT2D eigenvalue weighted by Crippen LogP contribution is -2.63. The first-order valence-corrected chi connectivity index (χ1v) is 5.60. The minimum Gasteiger partial charge on any atom is -0.463 e. The van der Waals surface area contributed by atoms with Crippen molar-refractivity contribution >= 4 is 11.9 Å². The van der Waals surface area contributed by atoms with E-state index in [9.17, 15) is 35.9 Å². The van der Waals surface area contributed by atoms with Gasteiger partial charge in [0.15, 0.2) is 0 Å². The normalized spacial score (nSPS) is 12.7. The molecule has 1 N–H and O–H groups in total. The van der Waals surface area contributed by atoms with Gasteiger partial charge >= 0.3 is 29.9 Å². The van der Waals surface area contributed by atoms with Gasteiger partial charge in [-0.3, -0.25) is 0 Å². The van der Waals surface area contributed by atoms with Crippen molar-refractivity contribution in [3.63, 3.8) is 0 Å². The average Bonchev–Trinajstić information content (AvgIpc) is 2.33. The Morgan fingerprint density at radius 2 is 1.41 bits per heavy atom. The number of alkyl halides is 6. The van der Waals surface area contributed by atoms with Gasteiger partial charge in [0, 0.05) is 12.0 Å². The molecule has 0 heterocycles. The third-order valence-electron chi connectivity index (χ3n) is 2.22. The zero-order valence-electron chi connectivity index (χ0n) is 11.2. The lowest BCUT2D eigenvalue weighted by Gasteiger charge is -2.29. The summed E-state index contributed by atoms with van der Waals surface area (Å²) < 4.78 is 81.9.